The third-order valence-electron chi connectivity index (χ3n) is 5.66. The van der Waals surface area contributed by atoms with Gasteiger partial charge in [0.05, 0.1) is 0 Å². The smallest absolute Gasteiger partial charge is 0.0426 e. The highest BCUT2D eigenvalue weighted by molar-refractivity contribution is 6.30. The quantitative estimate of drug-likeness (QED) is 0.820. The van der Waals surface area contributed by atoms with Gasteiger partial charge in [-0.1, -0.05) is 24.1 Å². The van der Waals surface area contributed by atoms with Crippen LogP contribution in [0.2, 0.25) is 5.02 Å². The van der Waals surface area contributed by atoms with Gasteiger partial charge < -0.3 is 4.90 Å². The molecule has 3 aliphatic rings. The number of anilines is 1. The zero-order valence-electron chi connectivity index (χ0n) is 12.0. The second-order valence-corrected chi connectivity index (χ2v) is 7.18. The van der Waals surface area contributed by atoms with Crippen molar-refractivity contribution in [1.82, 2.24) is 4.90 Å². The van der Waals surface area contributed by atoms with E-state index in [0.717, 1.165) is 36.0 Å². The van der Waals surface area contributed by atoms with E-state index in [4.69, 9.17) is 11.6 Å². The molecule has 1 aromatic rings. The first-order chi connectivity index (χ1) is 9.79. The number of piperazine rings is 1. The molecule has 3 heteroatoms. The lowest BCUT2D eigenvalue weighted by atomic mass is 9.93. The minimum Gasteiger partial charge on any atom is -0.369 e. The Bertz CT molecular complexity index is 482. The van der Waals surface area contributed by atoms with Gasteiger partial charge in [0.15, 0.2) is 0 Å². The first-order valence-electron chi connectivity index (χ1n) is 8.04. The van der Waals surface area contributed by atoms with Crippen molar-refractivity contribution in [1.29, 1.82) is 0 Å². The number of nitrogens with zero attached hydrogens (tertiary/aromatic N) is 2. The van der Waals surface area contributed by atoms with Crippen LogP contribution in [-0.4, -0.2) is 37.1 Å². The minimum atomic E-state index is 0.845. The van der Waals surface area contributed by atoms with Gasteiger partial charge >= 0.3 is 0 Å². The van der Waals surface area contributed by atoms with Crippen molar-refractivity contribution in [2.45, 2.75) is 31.7 Å². The molecule has 0 spiro atoms. The van der Waals surface area contributed by atoms with Crippen LogP contribution in [0.5, 0.6) is 0 Å². The standard InChI is InChI=1S/C17H23ClN2/c18-15-2-1-3-16(12-15)19-6-8-20(9-7-19)17-11-13-4-5-14(17)10-13/h1-3,12-14,17H,4-11H2/t13-,14-,17+/m0/s1. The first kappa shape index (κ1) is 13.0. The third-order valence-corrected chi connectivity index (χ3v) is 5.89. The molecule has 0 radical (unpaired) electrons. The van der Waals surface area contributed by atoms with Gasteiger partial charge in [0.1, 0.15) is 0 Å². The van der Waals surface area contributed by atoms with Crippen LogP contribution < -0.4 is 4.90 Å². The molecule has 1 heterocycles. The summed E-state index contributed by atoms with van der Waals surface area (Å²) < 4.78 is 0. The molecule has 1 saturated heterocycles. The van der Waals surface area contributed by atoms with Crippen molar-refractivity contribution >= 4 is 17.3 Å². The topological polar surface area (TPSA) is 6.48 Å². The lowest BCUT2D eigenvalue weighted by Crippen LogP contribution is -2.51. The number of fused-ring (bicyclic) bond motifs is 2. The van der Waals surface area contributed by atoms with Crippen LogP contribution >= 0.6 is 11.6 Å². The molecule has 0 unspecified atom stereocenters. The average molecular weight is 291 g/mol. The molecule has 1 aromatic carbocycles. The SMILES string of the molecule is Clc1cccc(N2CCN([C@@H]3C[C@H]4CC[C@H]3C4)CC2)c1. The molecule has 2 nitrogen and oxygen atoms in total. The van der Waals surface area contributed by atoms with E-state index < -0.39 is 0 Å². The highest BCUT2D eigenvalue weighted by Crippen LogP contribution is 2.46. The fourth-order valence-corrected chi connectivity index (χ4v) is 4.83. The molecular formula is C17H23ClN2. The van der Waals surface area contributed by atoms with Crippen LogP contribution in [0.4, 0.5) is 5.69 Å². The normalized spacial score (nSPS) is 33.9. The highest BCUT2D eigenvalue weighted by atomic mass is 35.5. The second-order valence-electron chi connectivity index (χ2n) is 6.75. The van der Waals surface area contributed by atoms with Crippen LogP contribution in [0, 0.1) is 11.8 Å². The summed E-state index contributed by atoms with van der Waals surface area (Å²) in [5.74, 6) is 2.06. The van der Waals surface area contributed by atoms with Crippen molar-refractivity contribution in [3.05, 3.63) is 29.3 Å². The van der Waals surface area contributed by atoms with E-state index in [1.807, 2.05) is 6.07 Å². The van der Waals surface area contributed by atoms with Gasteiger partial charge in [-0.3, -0.25) is 4.90 Å². The largest absolute Gasteiger partial charge is 0.369 e. The lowest BCUT2D eigenvalue weighted by Gasteiger charge is -2.41. The highest BCUT2D eigenvalue weighted by Gasteiger charge is 2.42. The van der Waals surface area contributed by atoms with Crippen molar-refractivity contribution in [3.8, 4) is 0 Å². The van der Waals surface area contributed by atoms with E-state index in [1.54, 1.807) is 0 Å². The summed E-state index contributed by atoms with van der Waals surface area (Å²) in [6.07, 6.45) is 5.98. The Balaban J connectivity index is 1.38. The summed E-state index contributed by atoms with van der Waals surface area (Å²) in [5.41, 5.74) is 1.28. The first-order valence-corrected chi connectivity index (χ1v) is 8.42. The van der Waals surface area contributed by atoms with E-state index in [-0.39, 0.29) is 0 Å². The molecule has 20 heavy (non-hydrogen) atoms. The summed E-state index contributed by atoms with van der Waals surface area (Å²) in [7, 11) is 0. The van der Waals surface area contributed by atoms with Crippen LogP contribution in [0.25, 0.3) is 0 Å². The van der Waals surface area contributed by atoms with E-state index in [2.05, 4.69) is 28.0 Å². The fraction of sp³-hybridized carbons (Fsp3) is 0.647. The molecule has 3 atom stereocenters. The van der Waals surface area contributed by atoms with Crippen molar-refractivity contribution in [2.24, 2.45) is 11.8 Å². The monoisotopic (exact) mass is 290 g/mol. The Hall–Kier alpha value is -0.730. The number of benzene rings is 1. The Morgan fingerprint density at radius 3 is 2.50 bits per heavy atom. The Morgan fingerprint density at radius 2 is 1.85 bits per heavy atom. The molecule has 2 aliphatic carbocycles. The molecule has 4 rings (SSSR count). The predicted octanol–water partition coefficient (Wildman–Crippen LogP) is 3.65. The molecule has 108 valence electrons. The van der Waals surface area contributed by atoms with Crippen LogP contribution in [0.15, 0.2) is 24.3 Å². The van der Waals surface area contributed by atoms with Gasteiger partial charge in [0.25, 0.3) is 0 Å². The number of halogens is 1. The zero-order chi connectivity index (χ0) is 13.5. The minimum absolute atomic E-state index is 0.845. The number of hydrogen-bond acceptors (Lipinski definition) is 2. The Kier molecular flexibility index (Phi) is 3.39. The predicted molar refractivity (Wildman–Crippen MR) is 84.5 cm³/mol. The fourth-order valence-electron chi connectivity index (χ4n) is 4.64. The van der Waals surface area contributed by atoms with E-state index in [1.165, 1.54) is 44.5 Å². The Labute approximate surface area is 126 Å². The van der Waals surface area contributed by atoms with Gasteiger partial charge in [0, 0.05) is 42.9 Å². The van der Waals surface area contributed by atoms with E-state index in [0.29, 0.717) is 0 Å². The number of rotatable bonds is 2. The van der Waals surface area contributed by atoms with Crippen molar-refractivity contribution in [3.63, 3.8) is 0 Å². The van der Waals surface area contributed by atoms with Crippen molar-refractivity contribution < 1.29 is 0 Å². The van der Waals surface area contributed by atoms with Gasteiger partial charge in [-0.05, 0) is 49.3 Å². The van der Waals surface area contributed by atoms with Gasteiger partial charge in [-0.2, -0.15) is 0 Å². The summed E-state index contributed by atoms with van der Waals surface area (Å²) in [6.45, 7) is 4.74. The van der Waals surface area contributed by atoms with Crippen molar-refractivity contribution in [2.75, 3.05) is 31.1 Å². The zero-order valence-corrected chi connectivity index (χ0v) is 12.7. The lowest BCUT2D eigenvalue weighted by molar-refractivity contribution is 0.135. The summed E-state index contributed by atoms with van der Waals surface area (Å²) in [6, 6.07) is 9.18. The second kappa shape index (κ2) is 5.23. The maximum atomic E-state index is 6.10. The van der Waals surface area contributed by atoms with Crippen LogP contribution in [0.1, 0.15) is 25.7 Å². The average Bonchev–Trinajstić information content (AvgIpc) is 3.10. The molecule has 3 fully saturated rings. The van der Waals surface area contributed by atoms with E-state index in [9.17, 15) is 0 Å². The van der Waals surface area contributed by atoms with Crippen LogP contribution in [0.3, 0.4) is 0 Å². The molecule has 2 bridgehead atoms. The van der Waals surface area contributed by atoms with Gasteiger partial charge in [0.2, 0.25) is 0 Å². The third kappa shape index (κ3) is 2.33. The van der Waals surface area contributed by atoms with E-state index >= 15 is 0 Å². The molecule has 0 N–H and O–H groups in total. The Morgan fingerprint density at radius 1 is 1.00 bits per heavy atom. The maximum Gasteiger partial charge on any atom is 0.0426 e. The maximum absolute atomic E-state index is 6.10. The van der Waals surface area contributed by atoms with Crippen LogP contribution in [-0.2, 0) is 0 Å². The molecular weight excluding hydrogens is 268 g/mol. The molecule has 0 amide bonds. The summed E-state index contributed by atoms with van der Waals surface area (Å²) in [5, 5.41) is 0.845. The van der Waals surface area contributed by atoms with Gasteiger partial charge in [-0.25, -0.2) is 0 Å². The number of hydrogen-bond donors (Lipinski definition) is 0. The molecule has 2 saturated carbocycles. The molecule has 0 aromatic heterocycles. The molecule has 1 aliphatic heterocycles. The summed E-state index contributed by atoms with van der Waals surface area (Å²) >= 11 is 6.10. The van der Waals surface area contributed by atoms with Gasteiger partial charge in [-0.15, -0.1) is 0 Å². The summed E-state index contributed by atoms with van der Waals surface area (Å²) in [4.78, 5) is 5.25.